The first-order chi connectivity index (χ1) is 11.3. The van der Waals surface area contributed by atoms with E-state index in [1.165, 1.54) is 6.42 Å². The van der Waals surface area contributed by atoms with Crippen molar-refractivity contribution in [3.8, 4) is 0 Å². The van der Waals surface area contributed by atoms with E-state index in [0.717, 1.165) is 37.3 Å². The van der Waals surface area contributed by atoms with Crippen molar-refractivity contribution < 1.29 is 4.79 Å². The van der Waals surface area contributed by atoms with Crippen LogP contribution >= 0.6 is 0 Å². The summed E-state index contributed by atoms with van der Waals surface area (Å²) in [5, 5.41) is 3.99. The van der Waals surface area contributed by atoms with E-state index in [0.29, 0.717) is 0 Å². The molecule has 3 rings (SSSR count). The van der Waals surface area contributed by atoms with E-state index in [4.69, 9.17) is 0 Å². The monoisotopic (exact) mass is 309 g/mol. The summed E-state index contributed by atoms with van der Waals surface area (Å²) in [7, 11) is 1.83. The molecule has 120 valence electrons. The van der Waals surface area contributed by atoms with Gasteiger partial charge in [0, 0.05) is 25.8 Å². The molecule has 2 aromatic carbocycles. The van der Waals surface area contributed by atoms with Crippen LogP contribution in [0.5, 0.6) is 0 Å². The van der Waals surface area contributed by atoms with E-state index in [1.807, 2.05) is 72.7 Å². The average Bonchev–Trinajstić information content (AvgIpc) is 2.64. The molecule has 2 aromatic rings. The third kappa shape index (κ3) is 3.54. The van der Waals surface area contributed by atoms with Gasteiger partial charge in [-0.05, 0) is 37.1 Å². The first-order valence-corrected chi connectivity index (χ1v) is 8.20. The lowest BCUT2D eigenvalue weighted by Crippen LogP contribution is -2.53. The predicted octanol–water partition coefficient (Wildman–Crippen LogP) is 4.15. The van der Waals surface area contributed by atoms with Crippen molar-refractivity contribution >= 4 is 17.4 Å². The van der Waals surface area contributed by atoms with Crippen molar-refractivity contribution in [1.29, 1.82) is 0 Å². The van der Waals surface area contributed by atoms with Crippen LogP contribution in [0.25, 0.3) is 0 Å². The Hall–Kier alpha value is -2.33. The number of carbonyl (C=O) groups excluding carboxylic acids is 1. The van der Waals surface area contributed by atoms with Crippen LogP contribution in [0.3, 0.4) is 0 Å². The second kappa shape index (κ2) is 7.29. The van der Waals surface area contributed by atoms with Gasteiger partial charge in [-0.3, -0.25) is 4.90 Å². The van der Waals surface area contributed by atoms with Crippen LogP contribution in [0.2, 0.25) is 0 Å². The Morgan fingerprint density at radius 2 is 1.35 bits per heavy atom. The highest BCUT2D eigenvalue weighted by molar-refractivity contribution is 6.02. The average molecular weight is 309 g/mol. The minimum absolute atomic E-state index is 0.0238. The summed E-state index contributed by atoms with van der Waals surface area (Å²) in [4.78, 5) is 14.9. The highest BCUT2D eigenvalue weighted by Crippen LogP contribution is 2.23. The Morgan fingerprint density at radius 1 is 0.826 bits per heavy atom. The van der Waals surface area contributed by atoms with Gasteiger partial charge in [0.05, 0.1) is 5.69 Å². The minimum atomic E-state index is -0.0238. The normalized spacial score (nSPS) is 15.2. The van der Waals surface area contributed by atoms with Crippen LogP contribution in [0.4, 0.5) is 16.2 Å². The molecule has 0 bridgehead atoms. The first-order valence-electron chi connectivity index (χ1n) is 8.20. The number of amides is 2. The van der Waals surface area contributed by atoms with Gasteiger partial charge in [0.15, 0.2) is 0 Å². The van der Waals surface area contributed by atoms with E-state index in [-0.39, 0.29) is 6.03 Å². The van der Waals surface area contributed by atoms with Crippen LogP contribution in [0, 0.1) is 0 Å². The molecular formula is C19H23N3O. The van der Waals surface area contributed by atoms with E-state index >= 15 is 0 Å². The molecule has 4 nitrogen and oxygen atoms in total. The lowest BCUT2D eigenvalue weighted by atomic mass is 10.1. The van der Waals surface area contributed by atoms with Gasteiger partial charge in [-0.1, -0.05) is 42.8 Å². The number of hydrogen-bond acceptors (Lipinski definition) is 2. The maximum atomic E-state index is 13.2. The molecule has 23 heavy (non-hydrogen) atoms. The fourth-order valence-electron chi connectivity index (χ4n) is 2.95. The first kappa shape index (κ1) is 15.6. The van der Waals surface area contributed by atoms with Crippen LogP contribution in [-0.2, 0) is 0 Å². The summed E-state index contributed by atoms with van der Waals surface area (Å²) in [6.45, 7) is 1.84. The lowest BCUT2D eigenvalue weighted by molar-refractivity contribution is 0.196. The summed E-state index contributed by atoms with van der Waals surface area (Å²) in [6.07, 6.45) is 3.50. The van der Waals surface area contributed by atoms with Crippen molar-refractivity contribution in [3.63, 3.8) is 0 Å². The van der Waals surface area contributed by atoms with Crippen molar-refractivity contribution in [2.45, 2.75) is 19.3 Å². The fraction of sp³-hybridized carbons (Fsp3) is 0.316. The molecule has 0 aromatic heterocycles. The second-order valence-electron chi connectivity index (χ2n) is 5.84. The fourth-order valence-corrected chi connectivity index (χ4v) is 2.95. The molecule has 0 aliphatic carbocycles. The number of hydrazine groups is 1. The summed E-state index contributed by atoms with van der Waals surface area (Å²) in [6, 6.07) is 19.7. The number of hydrogen-bond donors (Lipinski definition) is 0. The van der Waals surface area contributed by atoms with Crippen molar-refractivity contribution in [2.24, 2.45) is 0 Å². The van der Waals surface area contributed by atoms with E-state index in [1.54, 1.807) is 4.90 Å². The van der Waals surface area contributed by atoms with Crippen LogP contribution in [0.15, 0.2) is 60.7 Å². The maximum Gasteiger partial charge on any atom is 0.343 e. The molecular weight excluding hydrogens is 286 g/mol. The minimum Gasteiger partial charge on any atom is -0.296 e. The zero-order chi connectivity index (χ0) is 16.1. The Balaban J connectivity index is 1.89. The Kier molecular flexibility index (Phi) is 4.93. The zero-order valence-corrected chi connectivity index (χ0v) is 13.6. The molecule has 1 fully saturated rings. The molecule has 0 atom stereocenters. The molecule has 2 amide bonds. The molecule has 1 saturated heterocycles. The van der Waals surface area contributed by atoms with Gasteiger partial charge in [-0.2, -0.15) is 0 Å². The number of rotatable bonds is 3. The van der Waals surface area contributed by atoms with Crippen molar-refractivity contribution in [2.75, 3.05) is 30.0 Å². The zero-order valence-electron chi connectivity index (χ0n) is 13.6. The molecule has 0 saturated carbocycles. The third-order valence-electron chi connectivity index (χ3n) is 4.23. The number of urea groups is 1. The van der Waals surface area contributed by atoms with Crippen molar-refractivity contribution in [3.05, 3.63) is 60.7 Å². The predicted molar refractivity (Wildman–Crippen MR) is 94.6 cm³/mol. The molecule has 4 heteroatoms. The summed E-state index contributed by atoms with van der Waals surface area (Å²) in [5.74, 6) is 0. The number of para-hydroxylation sites is 2. The molecule has 1 aliphatic heterocycles. The number of benzene rings is 2. The molecule has 0 N–H and O–H groups in total. The molecule has 1 heterocycles. The largest absolute Gasteiger partial charge is 0.343 e. The summed E-state index contributed by atoms with van der Waals surface area (Å²) in [5.41, 5.74) is 1.82. The number of carbonyl (C=O) groups is 1. The lowest BCUT2D eigenvalue weighted by Gasteiger charge is -2.39. The number of piperidine rings is 1. The Morgan fingerprint density at radius 3 is 1.91 bits per heavy atom. The van der Waals surface area contributed by atoms with Gasteiger partial charge in [0.25, 0.3) is 0 Å². The second-order valence-corrected chi connectivity index (χ2v) is 5.84. The van der Waals surface area contributed by atoms with Gasteiger partial charge in [0.2, 0.25) is 0 Å². The summed E-state index contributed by atoms with van der Waals surface area (Å²) < 4.78 is 0. The standard InChI is InChI=1S/C19H23N3O/c1-20(17-11-5-2-6-12-17)19(23)22(18-13-7-3-8-14-18)21-15-9-4-10-16-21/h2-3,5-8,11-14H,4,9-10,15-16H2,1H3. The SMILES string of the molecule is CN(C(=O)N(c1ccccc1)N1CCCCC1)c1ccccc1. The van der Waals surface area contributed by atoms with Crippen molar-refractivity contribution in [1.82, 2.24) is 5.01 Å². The van der Waals surface area contributed by atoms with E-state index < -0.39 is 0 Å². The maximum absolute atomic E-state index is 13.2. The van der Waals surface area contributed by atoms with E-state index in [2.05, 4.69) is 5.01 Å². The topological polar surface area (TPSA) is 26.8 Å². The number of anilines is 2. The summed E-state index contributed by atoms with van der Waals surface area (Å²) >= 11 is 0. The highest BCUT2D eigenvalue weighted by atomic mass is 16.2. The van der Waals surface area contributed by atoms with Gasteiger partial charge in [-0.15, -0.1) is 0 Å². The van der Waals surface area contributed by atoms with Crippen LogP contribution < -0.4 is 9.91 Å². The van der Waals surface area contributed by atoms with Crippen LogP contribution in [-0.4, -0.2) is 31.2 Å². The Bertz CT molecular complexity index is 624. The van der Waals surface area contributed by atoms with Gasteiger partial charge < -0.3 is 0 Å². The molecule has 0 radical (unpaired) electrons. The van der Waals surface area contributed by atoms with Crippen LogP contribution in [0.1, 0.15) is 19.3 Å². The third-order valence-corrected chi connectivity index (χ3v) is 4.23. The Labute approximate surface area is 137 Å². The van der Waals surface area contributed by atoms with Gasteiger partial charge in [-0.25, -0.2) is 14.8 Å². The molecule has 1 aliphatic rings. The van der Waals surface area contributed by atoms with Gasteiger partial charge >= 0.3 is 6.03 Å². The van der Waals surface area contributed by atoms with E-state index in [9.17, 15) is 4.79 Å². The highest BCUT2D eigenvalue weighted by Gasteiger charge is 2.27. The number of nitrogens with zero attached hydrogens (tertiary/aromatic N) is 3. The smallest absolute Gasteiger partial charge is 0.296 e. The quantitative estimate of drug-likeness (QED) is 0.851. The molecule has 0 spiro atoms. The van der Waals surface area contributed by atoms with Gasteiger partial charge in [0.1, 0.15) is 0 Å². The molecule has 0 unspecified atom stereocenters.